The zero-order valence-electron chi connectivity index (χ0n) is 72.9. The minimum atomic E-state index is -1.22. The number of carbonyl (C=O) groups is 5. The summed E-state index contributed by atoms with van der Waals surface area (Å²) in [7, 11) is 4.13. The summed E-state index contributed by atoms with van der Waals surface area (Å²) in [6.45, 7) is 23.4. The Labute approximate surface area is 742 Å². The number of likely N-dealkylation sites (tertiary alicyclic amines) is 3. The van der Waals surface area contributed by atoms with Crippen LogP contribution in [-0.2, 0) is 78.7 Å². The van der Waals surface area contributed by atoms with E-state index in [1.165, 1.54) is 105 Å². The van der Waals surface area contributed by atoms with Gasteiger partial charge >= 0.3 is 29.8 Å². The molecular weight excluding hydrogens is 1670 g/mol. The molecule has 18 heterocycles. The van der Waals surface area contributed by atoms with E-state index in [1.807, 2.05) is 135 Å². The number of nitrogens with one attached hydrogen (secondary N) is 5. The number of hydrogen-bond acceptors (Lipinski definition) is 18. The van der Waals surface area contributed by atoms with E-state index in [1.54, 1.807) is 22.7 Å². The van der Waals surface area contributed by atoms with Gasteiger partial charge in [-0.1, -0.05) is 54.9 Å². The van der Waals surface area contributed by atoms with Crippen molar-refractivity contribution in [2.75, 3.05) is 39.3 Å². The summed E-state index contributed by atoms with van der Waals surface area (Å²) in [6.07, 6.45) is 25.6. The van der Waals surface area contributed by atoms with Gasteiger partial charge in [0, 0.05) is 110 Å². The number of rotatable bonds is 23. The molecule has 0 atom stereocenters. The molecule has 31 nitrogen and oxygen atoms in total. The van der Waals surface area contributed by atoms with Crippen molar-refractivity contribution in [1.29, 1.82) is 0 Å². The second-order valence-corrected chi connectivity index (χ2v) is 34.3. The Kier molecular flexibility index (Phi) is 28.1. The highest BCUT2D eigenvalue weighted by atomic mass is 32.1. The number of H-pyrrole nitrogens is 5. The van der Waals surface area contributed by atoms with E-state index in [0.29, 0.717) is 49.2 Å². The summed E-state index contributed by atoms with van der Waals surface area (Å²) in [5.41, 5.74) is 14.2. The Hall–Kier alpha value is -13.5. The molecule has 0 radical (unpaired) electrons. The molecule has 0 spiro atoms. The Bertz CT molecular complexity index is 7060. The summed E-state index contributed by atoms with van der Waals surface area (Å²) in [4.78, 5) is 156. The number of aromatic carboxylic acids is 5. The maximum absolute atomic E-state index is 12.2. The molecule has 0 bridgehead atoms. The molecular formula is C95H104N16O15S2. The van der Waals surface area contributed by atoms with Gasteiger partial charge < -0.3 is 72.8 Å². The smallest absolute Gasteiger partial charge is 0.341 e. The molecule has 0 saturated carbocycles. The molecule has 0 amide bonds. The number of thiophene rings is 2. The Morgan fingerprint density at radius 3 is 0.914 bits per heavy atom. The fraction of sp³-hybridized carbons (Fsp3) is 0.337. The zero-order chi connectivity index (χ0) is 91.1. The first kappa shape index (κ1) is 90.8. The lowest BCUT2D eigenvalue weighted by atomic mass is 10.0. The molecule has 3 fully saturated rings. The fourth-order valence-corrected chi connectivity index (χ4v) is 19.3. The van der Waals surface area contributed by atoms with Crippen LogP contribution in [0, 0.1) is 0 Å². The van der Waals surface area contributed by atoms with Crippen molar-refractivity contribution in [2.45, 2.75) is 158 Å². The van der Waals surface area contributed by atoms with Crippen LogP contribution in [0.3, 0.4) is 0 Å². The topological polar surface area (TPSA) is 422 Å². The quantitative estimate of drug-likeness (QED) is 0.0284. The van der Waals surface area contributed by atoms with E-state index in [4.69, 9.17) is 15.2 Å². The molecule has 0 aliphatic carbocycles. The van der Waals surface area contributed by atoms with E-state index in [9.17, 15) is 63.3 Å². The summed E-state index contributed by atoms with van der Waals surface area (Å²) in [6, 6.07) is 27.3. The van der Waals surface area contributed by atoms with Crippen LogP contribution in [0.4, 0.5) is 0 Å². The minimum Gasteiger partial charge on any atom is -0.477 e. The van der Waals surface area contributed by atoms with E-state index in [2.05, 4.69) is 97.0 Å². The lowest BCUT2D eigenvalue weighted by molar-refractivity contribution is 0.0684. The van der Waals surface area contributed by atoms with E-state index < -0.39 is 57.6 Å². The van der Waals surface area contributed by atoms with Crippen LogP contribution in [-0.4, -0.2) is 172 Å². The SMILES string of the molecule is CCc1cc(C(=O)O)c(=O)[nH]c1-c1cc2cc(CC)n(C)c2s1.CCc1cc(C(=O)O)c(=O)[nH]c1-c1cc2cc(CN3CCCC3)n(C)c2s1.CCc1cc(C(=O)O)c(=O)[nH]c1-c1ccc2nc(CN3CCCC3)cn2c1.CCc1cc(C(=O)O)c(=O)[nH]c1-c1ccc2nc(CN3CCCCC3)cn2c1.CCc1cn2cc(-c3[nH]c(=O)c(C(=O)O)cc3CC)ccc2n1. The molecule has 15 aromatic rings. The molecule has 3 saturated heterocycles. The number of pyridine rings is 8. The predicted molar refractivity (Wildman–Crippen MR) is 496 cm³/mol. The molecule has 128 heavy (non-hydrogen) atoms. The third kappa shape index (κ3) is 19.9. The number of hydrogen-bond donors (Lipinski definition) is 10. The molecule has 10 N–H and O–H groups in total. The molecule has 15 aromatic heterocycles. The van der Waals surface area contributed by atoms with Crippen LogP contribution >= 0.6 is 22.7 Å². The highest BCUT2D eigenvalue weighted by molar-refractivity contribution is 7.22. The average Bonchev–Trinajstić information content (AvgIpc) is 1.53. The number of carboxylic acids is 5. The van der Waals surface area contributed by atoms with Crippen LogP contribution in [0.25, 0.3) is 92.3 Å². The van der Waals surface area contributed by atoms with Gasteiger partial charge in [0.1, 0.15) is 54.4 Å². The van der Waals surface area contributed by atoms with Gasteiger partial charge in [-0.3, -0.25) is 38.7 Å². The first-order valence-electron chi connectivity index (χ1n) is 43.3. The largest absolute Gasteiger partial charge is 0.477 e. The number of piperidine rings is 1. The summed E-state index contributed by atoms with van der Waals surface area (Å²) < 4.78 is 10.2. The number of aryl methyl sites for hydroxylation is 9. The Morgan fingerprint density at radius 1 is 0.328 bits per heavy atom. The molecule has 0 unspecified atom stereocenters. The number of carboxylic acid groups (broad SMARTS) is 5. The first-order valence-corrected chi connectivity index (χ1v) is 45.0. The van der Waals surface area contributed by atoms with Gasteiger partial charge in [0.25, 0.3) is 27.8 Å². The lowest BCUT2D eigenvalue weighted by Crippen LogP contribution is -2.29. The summed E-state index contributed by atoms with van der Waals surface area (Å²) >= 11 is 3.25. The number of fused-ring (bicyclic) bond motifs is 5. The second-order valence-electron chi connectivity index (χ2n) is 32.2. The van der Waals surface area contributed by atoms with E-state index >= 15 is 0 Å². The van der Waals surface area contributed by atoms with Gasteiger partial charge in [0.15, 0.2) is 0 Å². The van der Waals surface area contributed by atoms with Gasteiger partial charge in [0.2, 0.25) is 0 Å². The highest BCUT2D eigenvalue weighted by Crippen LogP contribution is 2.39. The van der Waals surface area contributed by atoms with Crippen LogP contribution in [0.15, 0.2) is 152 Å². The fourth-order valence-electron chi connectivity index (χ4n) is 16.9. The summed E-state index contributed by atoms with van der Waals surface area (Å²) in [5, 5.41) is 48.0. The Morgan fingerprint density at radius 2 is 0.609 bits per heavy atom. The van der Waals surface area contributed by atoms with Crippen LogP contribution in [0.5, 0.6) is 0 Å². The first-order chi connectivity index (χ1) is 61.5. The van der Waals surface area contributed by atoms with E-state index in [0.717, 1.165) is 174 Å². The minimum absolute atomic E-state index is 0.204. The van der Waals surface area contributed by atoms with Gasteiger partial charge in [-0.25, -0.2) is 38.9 Å². The maximum atomic E-state index is 12.2. The van der Waals surface area contributed by atoms with Crippen molar-refractivity contribution in [3.8, 4) is 54.9 Å². The molecule has 33 heteroatoms. The molecule has 3 aliphatic heterocycles. The molecule has 0 aromatic carbocycles. The third-order valence-corrected chi connectivity index (χ3v) is 26.3. The van der Waals surface area contributed by atoms with Gasteiger partial charge in [-0.15, -0.1) is 22.7 Å². The molecule has 666 valence electrons. The number of aromatic nitrogens is 13. The number of aromatic amines is 5. The Balaban J connectivity index is 0.000000130. The van der Waals surface area contributed by atoms with Crippen molar-refractivity contribution in [1.82, 2.24) is 76.9 Å². The van der Waals surface area contributed by atoms with Crippen molar-refractivity contribution in [3.63, 3.8) is 0 Å². The normalized spacial score (nSPS) is 13.6. The van der Waals surface area contributed by atoms with Gasteiger partial charge in [-0.05, 0) is 242 Å². The molecule has 3 aliphatic rings. The summed E-state index contributed by atoms with van der Waals surface area (Å²) in [5.74, 6) is -6.04. The monoisotopic (exact) mass is 1770 g/mol. The van der Waals surface area contributed by atoms with Crippen molar-refractivity contribution < 1.29 is 49.5 Å². The van der Waals surface area contributed by atoms with Gasteiger partial charge in [0.05, 0.1) is 55.3 Å². The zero-order valence-corrected chi connectivity index (χ0v) is 74.6. The second kappa shape index (κ2) is 39.6. The highest BCUT2D eigenvalue weighted by Gasteiger charge is 2.25. The van der Waals surface area contributed by atoms with E-state index in [-0.39, 0.29) is 27.8 Å². The van der Waals surface area contributed by atoms with Crippen LogP contribution < -0.4 is 27.8 Å². The van der Waals surface area contributed by atoms with Crippen molar-refractivity contribution >= 4 is 89.9 Å². The average molecular weight is 1770 g/mol. The van der Waals surface area contributed by atoms with Crippen molar-refractivity contribution in [2.24, 2.45) is 14.1 Å². The van der Waals surface area contributed by atoms with Crippen LogP contribution in [0.1, 0.15) is 201 Å². The standard InChI is InChI=1S/C21H24N4O3.C20H22N4O3.C20H23N3O3S.C17H17N3O3.C17H18N2O3S/c1-2-14-10-17(21(27)28)20(26)23-19(14)15-6-7-18-22-16(13-25(18)11-15)12-24-8-4-3-5-9-24;1-2-13-9-16(20(26)27)19(25)22-18(13)14-5-6-17-21-15(12-24(17)10-14)11-23-7-3-4-8-23;1-3-12-9-15(20(25)26)18(24)21-17(12)16-10-13-8-14(22(2)19(13)27-16)11-23-6-4-5-7-23;1-3-10-7-13(17(22)23)16(21)19-15(10)11-5-6-14-18-12(4-2)9-20(14)8-11;1-4-9-7-12(17(21)22)15(20)18-14(9)13-8-10-6-11(5-2)19(3)16(10)23-13/h6-7,10-11,13H,2-5,8-9,12H2,1H3,(H,23,26)(H,27,28);5-6,9-10,12H,2-4,7-8,11H2,1H3,(H,22,25)(H,26,27);8-10H,3-7,11H2,1-2H3,(H,21,24)(H,25,26);5-9H,3-4H2,1-2H3,(H,19,21)(H,22,23);6-8H,4-5H2,1-3H3,(H,18,20)(H,21,22). The maximum Gasteiger partial charge on any atom is 0.341 e. The van der Waals surface area contributed by atoms with Crippen LogP contribution in [0.2, 0.25) is 0 Å². The third-order valence-electron chi connectivity index (χ3n) is 23.9. The number of nitrogens with zero attached hydrogens (tertiary/aromatic N) is 11. The molecule has 18 rings (SSSR count). The predicted octanol–water partition coefficient (Wildman–Crippen LogP) is 14.9. The number of imidazole rings is 3. The lowest BCUT2D eigenvalue weighted by Gasteiger charge is -2.25. The van der Waals surface area contributed by atoms with Crippen molar-refractivity contribution in [3.05, 3.63) is 264 Å². The van der Waals surface area contributed by atoms with Gasteiger partial charge in [-0.2, -0.15) is 0 Å².